The first-order valence-electron chi connectivity index (χ1n) is 48.3. The molecule has 7 aliphatic rings. The average molecular weight is 1890 g/mol. The molecule has 4 fully saturated rings. The van der Waals surface area contributed by atoms with Gasteiger partial charge >= 0.3 is 11.9 Å². The summed E-state index contributed by atoms with van der Waals surface area (Å²) < 4.78 is 59.1. The third-order valence-electron chi connectivity index (χ3n) is 27.5. The largest absolute Gasteiger partial charge is 0.460 e. The number of amides is 3. The molecule has 137 heavy (non-hydrogen) atoms. The summed E-state index contributed by atoms with van der Waals surface area (Å²) in [5, 5.41) is 27.7. The molecule has 36 heteroatoms. The number of aryl methyl sites for hydroxylation is 1. The minimum atomic E-state index is -2.49. The van der Waals surface area contributed by atoms with Crippen molar-refractivity contribution in [3.05, 3.63) is 160 Å². The maximum absolute atomic E-state index is 14.8. The summed E-state index contributed by atoms with van der Waals surface area (Å²) in [6.07, 6.45) is 21.9. The number of nitrogens with zero attached hydrogens (tertiary/aromatic N) is 12. The molecule has 6 aromatic rings. The zero-order valence-electron chi connectivity index (χ0n) is 80.6. The fourth-order valence-corrected chi connectivity index (χ4v) is 19.4. The van der Waals surface area contributed by atoms with E-state index in [0.29, 0.717) is 173 Å². The second-order valence-corrected chi connectivity index (χ2v) is 37.4. The number of aromatic nitrogens is 8. The molecule has 11 heterocycles. The van der Waals surface area contributed by atoms with Crippen molar-refractivity contribution in [2.75, 3.05) is 141 Å². The number of ketones is 3. The summed E-state index contributed by atoms with van der Waals surface area (Å²) in [5.41, 5.74) is 22.2. The summed E-state index contributed by atoms with van der Waals surface area (Å²) in [4.78, 5) is 160. The molecule has 1 unspecified atom stereocenters. The minimum Gasteiger partial charge on any atom is -0.460 e. The Hall–Kier alpha value is -11.1. The van der Waals surface area contributed by atoms with Crippen molar-refractivity contribution in [3.8, 4) is 0 Å². The molecule has 1 saturated carbocycles. The highest BCUT2D eigenvalue weighted by molar-refractivity contribution is 6.39. The van der Waals surface area contributed by atoms with Gasteiger partial charge < -0.3 is 98.9 Å². The van der Waals surface area contributed by atoms with Crippen LogP contribution in [-0.2, 0) is 107 Å². The highest BCUT2D eigenvalue weighted by Gasteiger charge is 2.54. The molecule has 13 rings (SSSR count). The van der Waals surface area contributed by atoms with Gasteiger partial charge in [0.25, 0.3) is 17.6 Å². The van der Waals surface area contributed by atoms with Gasteiger partial charge in [0.2, 0.25) is 23.6 Å². The molecular formula is C101H136N16O20. The Labute approximate surface area is 800 Å². The molecule has 6 aliphatic heterocycles. The predicted octanol–water partition coefficient (Wildman–Crippen LogP) is 9.01. The van der Waals surface area contributed by atoms with Crippen LogP contribution in [0, 0.1) is 35.5 Å². The lowest BCUT2D eigenvalue weighted by molar-refractivity contribution is -0.265. The lowest BCUT2D eigenvalue weighted by atomic mass is 9.78. The number of H-pyrrole nitrogens is 1. The summed E-state index contributed by atoms with van der Waals surface area (Å²) >= 11 is 0. The fourth-order valence-electron chi connectivity index (χ4n) is 19.4. The minimum absolute atomic E-state index is 0.0254. The quantitative estimate of drug-likeness (QED) is 0.0102. The number of piperazine rings is 1. The zero-order valence-corrected chi connectivity index (χ0v) is 80.6. The molecule has 0 radical (unpaired) electrons. The van der Waals surface area contributed by atoms with E-state index in [-0.39, 0.29) is 105 Å². The molecule has 8 N–H and O–H groups in total. The van der Waals surface area contributed by atoms with Crippen LogP contribution in [0.5, 0.6) is 0 Å². The van der Waals surface area contributed by atoms with E-state index in [1.807, 2.05) is 84.2 Å². The molecule has 1 aliphatic carbocycles. The number of carbonyl (C=O) groups is 8. The number of pyridine rings is 1. The van der Waals surface area contributed by atoms with Crippen molar-refractivity contribution in [2.24, 2.45) is 40.5 Å². The lowest BCUT2D eigenvalue weighted by Gasteiger charge is -2.42. The number of cyclic esters (lactones) is 1. The molecule has 5 aromatic heterocycles. The van der Waals surface area contributed by atoms with Crippen LogP contribution >= 0.6 is 0 Å². The van der Waals surface area contributed by atoms with Crippen LogP contribution in [0.25, 0.3) is 11.0 Å². The standard InChI is InChI=1S/C101H136N16O20/c1-61-16-12-11-13-17-62(2)81(128-8)53-75-24-19-67(7)101(127,137-75)92(123)97(125)117-32-15-14-18-78(117)98(126)136-82(54-79(118)63(3)47-66(6)90(122)91(130-10)89(121)65(5)46-61)64(4)48-68-21-25-80(83(51-68)129-9)135-85(120)26-22-70-55-107-99(108-56-70)114-34-36-115(37-35-114)100-109-58-76(93(102)113-100)96(124)105-31-39-132-41-43-134-45-44-133-42-40-131-38-29-84(119)116-33-28-71-49-69(20-23-73(71)59-116)50-77-88-86(94(103)111-60-110-88)87(112-77)74-52-72-27-30-104-95(72)106-57-74/h11-13,16-17,20,23,27,30,47,49,52,55-58,60-61,63-65,67-68,75,77-78,80-83,90-91,122,127H,14-15,18-19,21-22,24-26,28-29,31-46,48,50-51,53-54,59H2,1-10H3,(H,104,106)(H,105,124)(H2,102,109,113)(H2,103,110,111)/b13-11+,16-12+,62-17+,66-47+/t61-,63-,64-,65-,67-,68+,75+,77?,78+,80-,81+,82+,83-,90-,91+,101-/m1/s1. The van der Waals surface area contributed by atoms with Crippen LogP contribution in [0.1, 0.15) is 194 Å². The molecular weight excluding hydrogens is 1760 g/mol. The van der Waals surface area contributed by atoms with Gasteiger partial charge in [0.1, 0.15) is 59.9 Å². The first kappa shape index (κ1) is 103. The fraction of sp³-hybridized carbons (Fsp3) is 0.584. The van der Waals surface area contributed by atoms with E-state index < -0.39 is 108 Å². The third-order valence-corrected chi connectivity index (χ3v) is 27.5. The Morgan fingerprint density at radius 1 is 0.708 bits per heavy atom. The van der Waals surface area contributed by atoms with Crippen molar-refractivity contribution in [1.29, 1.82) is 0 Å². The van der Waals surface area contributed by atoms with Crippen molar-refractivity contribution in [1.82, 2.24) is 55.0 Å². The normalized spacial score (nSPS) is 27.4. The van der Waals surface area contributed by atoms with Gasteiger partial charge in [-0.1, -0.05) is 89.3 Å². The number of methoxy groups -OCH3 is 3. The van der Waals surface area contributed by atoms with Crippen molar-refractivity contribution in [2.45, 2.75) is 225 Å². The van der Waals surface area contributed by atoms with Crippen LogP contribution in [0.15, 0.2) is 120 Å². The number of aliphatic hydroxyl groups is 2. The number of carbonyl (C=O) groups excluding carboxylic acids is 8. The molecule has 2 bridgehead atoms. The van der Waals surface area contributed by atoms with E-state index >= 15 is 0 Å². The zero-order chi connectivity index (χ0) is 97.4. The number of hydrogen-bond acceptors (Lipinski definition) is 32. The molecule has 3 amide bonds. The lowest BCUT2D eigenvalue weighted by Crippen LogP contribution is -2.61. The molecule has 740 valence electrons. The smallest absolute Gasteiger partial charge is 0.329 e. The summed E-state index contributed by atoms with van der Waals surface area (Å²) in [6.45, 7) is 18.7. The number of nitrogens with one attached hydrogen (secondary N) is 2. The van der Waals surface area contributed by atoms with Gasteiger partial charge in [-0.15, -0.1) is 0 Å². The Kier molecular flexibility index (Phi) is 37.3. The third kappa shape index (κ3) is 27.1. The van der Waals surface area contributed by atoms with E-state index in [1.165, 1.54) is 30.1 Å². The van der Waals surface area contributed by atoms with Gasteiger partial charge in [0.05, 0.1) is 106 Å². The number of Topliss-reactive ketones (excluding diaryl/α,β-unsaturated/α-hetero) is 3. The number of fused-ring (bicyclic) bond motifs is 6. The molecule has 0 spiro atoms. The Morgan fingerprint density at radius 3 is 2.17 bits per heavy atom. The van der Waals surface area contributed by atoms with Gasteiger partial charge in [0, 0.05) is 159 Å². The Bertz CT molecular complexity index is 5310. The van der Waals surface area contributed by atoms with Gasteiger partial charge in [-0.05, 0) is 154 Å². The first-order chi connectivity index (χ1) is 66.1. The van der Waals surface area contributed by atoms with E-state index in [4.69, 9.17) is 63.8 Å². The maximum Gasteiger partial charge on any atom is 0.329 e. The number of rotatable bonds is 31. The molecule has 3 saturated heterocycles. The van der Waals surface area contributed by atoms with E-state index in [0.717, 1.165) is 62.3 Å². The predicted molar refractivity (Wildman–Crippen MR) is 511 cm³/mol. The van der Waals surface area contributed by atoms with E-state index in [2.05, 4.69) is 63.4 Å². The molecule has 1 aromatic carbocycles. The number of nitrogens with two attached hydrogens (primary N) is 2. The molecule has 16 atom stereocenters. The number of aliphatic imine (C=N–C) groups is 1. The number of anilines is 4. The van der Waals surface area contributed by atoms with Gasteiger partial charge in [-0.25, -0.2) is 34.7 Å². The monoisotopic (exact) mass is 1890 g/mol. The van der Waals surface area contributed by atoms with Gasteiger partial charge in [0.15, 0.2) is 5.78 Å². The summed E-state index contributed by atoms with van der Waals surface area (Å²) in [6, 6.07) is 9.01. The van der Waals surface area contributed by atoms with Crippen molar-refractivity contribution >= 4 is 87.3 Å². The number of ether oxygens (including phenoxy) is 10. The van der Waals surface area contributed by atoms with Crippen molar-refractivity contribution < 1.29 is 95.9 Å². The number of esters is 2. The number of nitrogen functional groups attached to an aromatic ring is 2. The summed E-state index contributed by atoms with van der Waals surface area (Å²) in [5.74, 6) is -8.23. The van der Waals surface area contributed by atoms with Gasteiger partial charge in [-0.3, -0.25) is 38.6 Å². The van der Waals surface area contributed by atoms with Crippen LogP contribution in [0.2, 0.25) is 0 Å². The summed E-state index contributed by atoms with van der Waals surface area (Å²) in [7, 11) is 4.50. The number of piperidine rings is 1. The number of aliphatic hydroxyl groups excluding tert-OH is 1. The average Bonchev–Trinajstić information content (AvgIpc) is 1.73. The van der Waals surface area contributed by atoms with Crippen LogP contribution in [0.4, 0.5) is 23.5 Å². The van der Waals surface area contributed by atoms with Crippen LogP contribution in [0.3, 0.4) is 0 Å². The Balaban J connectivity index is 0.497. The number of benzene rings is 1. The SMILES string of the molecule is CO[C@H]1C[C@@H]2CC[C@@H](C)[C@@](O)(O2)C(=O)C(=O)N2CCCC[C@H]2C(=O)O[C@H]([C@H](C)C[C@@H]2CC[C@@H](OC(=O)CCc3cnc(N4CCN(c5ncc(C(=O)NCCOCCOCCOCCOCCC(=O)N6CCc7cc(CC8N=C(c9cnc%10[nH]ccc%10c9)c9c(N)ncnc98)ccc7C6)c(N)n5)CC4)nc3)[C@H](OC)C2)CC(=O)[C@H](C)/C=C(\C)[C@@H](O)[C@@H](OC)C(=O)[C@H](C)C[C@H](C)/C=C/C=C/C=C/1C. The highest BCUT2D eigenvalue weighted by Crippen LogP contribution is 2.41. The second kappa shape index (κ2) is 49.5. The first-order valence-corrected chi connectivity index (χ1v) is 48.3. The van der Waals surface area contributed by atoms with Crippen LogP contribution in [-0.4, -0.2) is 287 Å². The number of allylic oxidation sites excluding steroid dienone is 6. The van der Waals surface area contributed by atoms with E-state index in [1.54, 1.807) is 66.6 Å². The topological polar surface area (TPSA) is 465 Å². The Morgan fingerprint density at radius 2 is 1.44 bits per heavy atom. The number of aromatic amines is 1. The number of hydrogen-bond donors (Lipinski definition) is 6. The van der Waals surface area contributed by atoms with Gasteiger partial charge in [-0.2, -0.15) is 4.98 Å². The second-order valence-electron chi connectivity index (χ2n) is 37.4. The maximum atomic E-state index is 14.8. The van der Waals surface area contributed by atoms with Crippen molar-refractivity contribution in [3.63, 3.8) is 0 Å². The molecule has 36 nitrogen and oxygen atoms in total. The highest BCUT2D eigenvalue weighted by atomic mass is 16.6. The van der Waals surface area contributed by atoms with E-state index in [9.17, 15) is 48.6 Å². The van der Waals surface area contributed by atoms with Crippen LogP contribution < -0.4 is 26.6 Å².